The summed E-state index contributed by atoms with van der Waals surface area (Å²) in [5.74, 6) is -0.149. The molecule has 3 heteroatoms. The number of ether oxygens (including phenoxy) is 1. The van der Waals surface area contributed by atoms with Gasteiger partial charge in [-0.3, -0.25) is 4.79 Å². The topological polar surface area (TPSA) is 38.3 Å². The van der Waals surface area contributed by atoms with Crippen molar-refractivity contribution in [1.82, 2.24) is 5.32 Å². The molecular formula is C11H19NO2. The van der Waals surface area contributed by atoms with Crippen LogP contribution in [0.4, 0.5) is 0 Å². The first-order chi connectivity index (χ1) is 6.49. The Labute approximate surface area is 85.5 Å². The summed E-state index contributed by atoms with van der Waals surface area (Å²) in [5.41, 5.74) is -0.394. The van der Waals surface area contributed by atoms with Crippen LogP contribution in [0.25, 0.3) is 0 Å². The maximum absolute atomic E-state index is 11.6. The molecule has 0 fully saturated rings. The quantitative estimate of drug-likeness (QED) is 0.513. The molecule has 0 aromatic rings. The molecule has 0 spiro atoms. The molecule has 14 heavy (non-hydrogen) atoms. The Hall–Kier alpha value is -0.830. The molecule has 0 bridgehead atoms. The van der Waals surface area contributed by atoms with E-state index in [4.69, 9.17) is 4.74 Å². The van der Waals surface area contributed by atoms with Gasteiger partial charge in [0.15, 0.2) is 0 Å². The average Bonchev–Trinajstić information content (AvgIpc) is 2.27. The van der Waals surface area contributed by atoms with Crippen molar-refractivity contribution in [2.24, 2.45) is 0 Å². The van der Waals surface area contributed by atoms with E-state index in [2.05, 4.69) is 11.4 Å². The van der Waals surface area contributed by atoms with E-state index >= 15 is 0 Å². The Morgan fingerprint density at radius 1 is 1.43 bits per heavy atom. The fraction of sp³-hybridized carbons (Fsp3) is 0.727. The number of carbonyl (C=O) groups is 1. The first kappa shape index (κ1) is 11.2. The lowest BCUT2D eigenvalue weighted by Crippen LogP contribution is -2.40. The number of rotatable bonds is 1. The summed E-state index contributed by atoms with van der Waals surface area (Å²) in [5, 5.41) is 3.17. The molecule has 0 aromatic carbocycles. The van der Waals surface area contributed by atoms with Gasteiger partial charge >= 0.3 is 5.97 Å². The third kappa shape index (κ3) is 3.92. The Morgan fingerprint density at radius 2 is 2.14 bits per heavy atom. The van der Waals surface area contributed by atoms with Gasteiger partial charge in [-0.25, -0.2) is 0 Å². The van der Waals surface area contributed by atoms with Gasteiger partial charge in [0, 0.05) is 0 Å². The second-order valence-electron chi connectivity index (χ2n) is 4.54. The number of hydrogen-bond acceptors (Lipinski definition) is 3. The largest absolute Gasteiger partial charge is 0.459 e. The SMILES string of the molecule is CC(C)(C)OC(=O)C1CC=CCCN1. The highest BCUT2D eigenvalue weighted by Gasteiger charge is 2.24. The van der Waals surface area contributed by atoms with E-state index in [1.807, 2.05) is 26.8 Å². The third-order valence-electron chi connectivity index (χ3n) is 1.93. The van der Waals surface area contributed by atoms with Gasteiger partial charge in [-0.15, -0.1) is 0 Å². The van der Waals surface area contributed by atoms with Crippen molar-refractivity contribution >= 4 is 5.97 Å². The van der Waals surface area contributed by atoms with E-state index in [1.165, 1.54) is 0 Å². The summed E-state index contributed by atoms with van der Waals surface area (Å²) in [6.45, 7) is 6.51. The van der Waals surface area contributed by atoms with Gasteiger partial charge in [0.05, 0.1) is 0 Å². The number of carbonyl (C=O) groups excluding carboxylic acids is 1. The number of hydrogen-bond donors (Lipinski definition) is 1. The van der Waals surface area contributed by atoms with Crippen LogP contribution in [0.5, 0.6) is 0 Å². The van der Waals surface area contributed by atoms with Gasteiger partial charge < -0.3 is 10.1 Å². The maximum atomic E-state index is 11.6. The number of nitrogens with one attached hydrogen (secondary N) is 1. The molecule has 0 saturated carbocycles. The van der Waals surface area contributed by atoms with Crippen LogP contribution < -0.4 is 5.32 Å². The van der Waals surface area contributed by atoms with Gasteiger partial charge in [0.2, 0.25) is 0 Å². The first-order valence-electron chi connectivity index (χ1n) is 5.10. The summed E-state index contributed by atoms with van der Waals surface area (Å²) >= 11 is 0. The minimum atomic E-state index is -0.394. The fourth-order valence-electron chi connectivity index (χ4n) is 1.33. The fourth-order valence-corrected chi connectivity index (χ4v) is 1.33. The third-order valence-corrected chi connectivity index (χ3v) is 1.93. The zero-order chi connectivity index (χ0) is 10.6. The van der Waals surface area contributed by atoms with E-state index in [0.717, 1.165) is 19.4 Å². The monoisotopic (exact) mass is 197 g/mol. The Bertz CT molecular complexity index is 228. The van der Waals surface area contributed by atoms with E-state index < -0.39 is 5.60 Å². The zero-order valence-electron chi connectivity index (χ0n) is 9.17. The molecule has 0 aliphatic carbocycles. The van der Waals surface area contributed by atoms with Gasteiger partial charge in [0.25, 0.3) is 0 Å². The summed E-state index contributed by atoms with van der Waals surface area (Å²) in [6.07, 6.45) is 5.85. The summed E-state index contributed by atoms with van der Waals surface area (Å²) in [6, 6.07) is -0.173. The van der Waals surface area contributed by atoms with Crippen LogP contribution in [0.1, 0.15) is 33.6 Å². The Kier molecular flexibility index (Phi) is 3.69. The highest BCUT2D eigenvalue weighted by atomic mass is 16.6. The Morgan fingerprint density at radius 3 is 2.79 bits per heavy atom. The van der Waals surface area contributed by atoms with Crippen molar-refractivity contribution < 1.29 is 9.53 Å². The van der Waals surface area contributed by atoms with Crippen molar-refractivity contribution in [2.45, 2.75) is 45.3 Å². The summed E-state index contributed by atoms with van der Waals surface area (Å²) in [7, 11) is 0. The standard InChI is InChI=1S/C11H19NO2/c1-11(2,3)14-10(13)9-7-5-4-6-8-12-9/h4-5,9,12H,6-8H2,1-3H3. The van der Waals surface area contributed by atoms with E-state index in [9.17, 15) is 4.79 Å². The summed E-state index contributed by atoms with van der Waals surface area (Å²) in [4.78, 5) is 11.6. The normalized spacial score (nSPS) is 22.9. The minimum Gasteiger partial charge on any atom is -0.459 e. The Balaban J connectivity index is 2.47. The van der Waals surface area contributed by atoms with Crippen molar-refractivity contribution in [1.29, 1.82) is 0 Å². The lowest BCUT2D eigenvalue weighted by molar-refractivity contribution is -0.157. The molecular weight excluding hydrogens is 178 g/mol. The van der Waals surface area contributed by atoms with Gasteiger partial charge in [0.1, 0.15) is 11.6 Å². The highest BCUT2D eigenvalue weighted by molar-refractivity contribution is 5.76. The molecule has 1 unspecified atom stereocenters. The summed E-state index contributed by atoms with van der Waals surface area (Å²) < 4.78 is 5.30. The molecule has 0 amide bonds. The van der Waals surface area contributed by atoms with E-state index in [-0.39, 0.29) is 12.0 Å². The van der Waals surface area contributed by atoms with Gasteiger partial charge in [-0.05, 0) is 40.2 Å². The molecule has 1 aliphatic heterocycles. The van der Waals surface area contributed by atoms with Crippen LogP contribution in [0.15, 0.2) is 12.2 Å². The number of esters is 1. The molecule has 1 rings (SSSR count). The average molecular weight is 197 g/mol. The van der Waals surface area contributed by atoms with Gasteiger partial charge in [-0.2, -0.15) is 0 Å². The van der Waals surface area contributed by atoms with Crippen molar-refractivity contribution in [3.63, 3.8) is 0 Å². The van der Waals surface area contributed by atoms with Crippen LogP contribution in [-0.4, -0.2) is 24.2 Å². The van der Waals surface area contributed by atoms with Crippen LogP contribution >= 0.6 is 0 Å². The first-order valence-corrected chi connectivity index (χ1v) is 5.10. The van der Waals surface area contributed by atoms with Crippen molar-refractivity contribution in [3.05, 3.63) is 12.2 Å². The van der Waals surface area contributed by atoms with Gasteiger partial charge in [-0.1, -0.05) is 12.2 Å². The second kappa shape index (κ2) is 4.60. The maximum Gasteiger partial charge on any atom is 0.323 e. The lowest BCUT2D eigenvalue weighted by atomic mass is 10.1. The van der Waals surface area contributed by atoms with Crippen LogP contribution in [0.2, 0.25) is 0 Å². The molecule has 1 heterocycles. The smallest absolute Gasteiger partial charge is 0.323 e. The highest BCUT2D eigenvalue weighted by Crippen LogP contribution is 2.11. The van der Waals surface area contributed by atoms with Crippen LogP contribution in [0, 0.1) is 0 Å². The molecule has 1 N–H and O–H groups in total. The predicted octanol–water partition coefficient (Wildman–Crippen LogP) is 1.64. The molecule has 0 radical (unpaired) electrons. The predicted molar refractivity (Wildman–Crippen MR) is 56.0 cm³/mol. The second-order valence-corrected chi connectivity index (χ2v) is 4.54. The van der Waals surface area contributed by atoms with Crippen molar-refractivity contribution in [2.75, 3.05) is 6.54 Å². The molecule has 0 aromatic heterocycles. The van der Waals surface area contributed by atoms with Crippen LogP contribution in [-0.2, 0) is 9.53 Å². The molecule has 0 saturated heterocycles. The zero-order valence-corrected chi connectivity index (χ0v) is 9.17. The minimum absolute atomic E-state index is 0.149. The molecule has 1 aliphatic rings. The molecule has 80 valence electrons. The van der Waals surface area contributed by atoms with Crippen molar-refractivity contribution in [3.8, 4) is 0 Å². The molecule has 3 nitrogen and oxygen atoms in total. The lowest BCUT2D eigenvalue weighted by Gasteiger charge is -2.23. The van der Waals surface area contributed by atoms with Crippen LogP contribution in [0.3, 0.4) is 0 Å². The van der Waals surface area contributed by atoms with E-state index in [0.29, 0.717) is 0 Å². The molecule has 1 atom stereocenters. The van der Waals surface area contributed by atoms with E-state index in [1.54, 1.807) is 0 Å².